The van der Waals surface area contributed by atoms with Gasteiger partial charge in [-0.25, -0.2) is 13.6 Å². The molecule has 0 aromatic heterocycles. The lowest BCUT2D eigenvalue weighted by Gasteiger charge is -2.17. The first-order valence-electron chi connectivity index (χ1n) is 4.01. The topological polar surface area (TPSA) is 69.4 Å². The molecule has 0 spiro atoms. The van der Waals surface area contributed by atoms with Gasteiger partial charge in [0.2, 0.25) is 15.5 Å². The van der Waals surface area contributed by atoms with Crippen molar-refractivity contribution >= 4 is 10.0 Å². The SMILES string of the molecule is NS(=O)(=O)C(OC(F)(F)F)c1ccccc1. The predicted octanol–water partition coefficient (Wildman–Crippen LogP) is 1.51. The van der Waals surface area contributed by atoms with Crippen molar-refractivity contribution in [1.29, 1.82) is 0 Å². The molecule has 16 heavy (non-hydrogen) atoms. The summed E-state index contributed by atoms with van der Waals surface area (Å²) in [7, 11) is -4.49. The van der Waals surface area contributed by atoms with Gasteiger partial charge in [0.1, 0.15) is 0 Å². The van der Waals surface area contributed by atoms with Crippen LogP contribution in [0.5, 0.6) is 0 Å². The Morgan fingerprint density at radius 1 is 1.19 bits per heavy atom. The zero-order valence-electron chi connectivity index (χ0n) is 7.81. The van der Waals surface area contributed by atoms with Crippen LogP contribution in [0.1, 0.15) is 11.0 Å². The lowest BCUT2D eigenvalue weighted by molar-refractivity contribution is -0.333. The Kier molecular flexibility index (Phi) is 3.56. The Hall–Kier alpha value is -1.12. The molecule has 0 saturated carbocycles. The fraction of sp³-hybridized carbons (Fsp3) is 0.250. The zero-order valence-corrected chi connectivity index (χ0v) is 8.62. The van der Waals surface area contributed by atoms with Gasteiger partial charge >= 0.3 is 6.36 Å². The van der Waals surface area contributed by atoms with Crippen molar-refractivity contribution in [3.63, 3.8) is 0 Å². The first-order chi connectivity index (χ1) is 7.20. The molecule has 0 amide bonds. The van der Waals surface area contributed by atoms with Gasteiger partial charge in [-0.2, -0.15) is 0 Å². The third-order valence-corrected chi connectivity index (χ3v) is 2.58. The molecule has 1 rings (SSSR count). The molecule has 90 valence electrons. The number of primary sulfonamides is 1. The molecule has 1 atom stereocenters. The Morgan fingerprint density at radius 3 is 2.06 bits per heavy atom. The van der Waals surface area contributed by atoms with E-state index < -0.39 is 21.8 Å². The van der Waals surface area contributed by atoms with Crippen LogP contribution in [0.4, 0.5) is 13.2 Å². The molecule has 0 aliphatic carbocycles. The van der Waals surface area contributed by atoms with Gasteiger partial charge < -0.3 is 0 Å². The van der Waals surface area contributed by atoms with Gasteiger partial charge in [-0.05, 0) is 5.56 Å². The van der Waals surface area contributed by atoms with Gasteiger partial charge in [-0.15, -0.1) is 13.2 Å². The number of sulfonamides is 1. The highest BCUT2D eigenvalue weighted by Crippen LogP contribution is 2.30. The fourth-order valence-corrected chi connectivity index (χ4v) is 1.84. The van der Waals surface area contributed by atoms with Gasteiger partial charge in [-0.3, -0.25) is 4.74 Å². The van der Waals surface area contributed by atoms with Crippen molar-refractivity contribution in [2.24, 2.45) is 5.14 Å². The third kappa shape index (κ3) is 3.80. The highest BCUT2D eigenvalue weighted by atomic mass is 32.2. The molecule has 2 N–H and O–H groups in total. The maximum Gasteiger partial charge on any atom is 0.524 e. The maximum atomic E-state index is 12.0. The number of ether oxygens (including phenoxy) is 1. The molecule has 0 aliphatic heterocycles. The summed E-state index contributed by atoms with van der Waals surface area (Å²) >= 11 is 0. The lowest BCUT2D eigenvalue weighted by Crippen LogP contribution is -2.29. The highest BCUT2D eigenvalue weighted by molar-refractivity contribution is 7.89. The Morgan fingerprint density at radius 2 is 1.69 bits per heavy atom. The number of nitrogens with two attached hydrogens (primary N) is 1. The molecule has 1 aromatic carbocycles. The molecule has 0 radical (unpaired) electrons. The van der Waals surface area contributed by atoms with E-state index in [1.165, 1.54) is 30.3 Å². The summed E-state index contributed by atoms with van der Waals surface area (Å²) in [5.74, 6) is 0. The van der Waals surface area contributed by atoms with Crippen LogP contribution in [-0.2, 0) is 14.8 Å². The van der Waals surface area contributed by atoms with E-state index in [0.717, 1.165) is 0 Å². The fourth-order valence-electron chi connectivity index (χ4n) is 1.06. The van der Waals surface area contributed by atoms with Crippen molar-refractivity contribution in [1.82, 2.24) is 0 Å². The predicted molar refractivity (Wildman–Crippen MR) is 49.4 cm³/mol. The smallest absolute Gasteiger partial charge is 0.266 e. The van der Waals surface area contributed by atoms with E-state index >= 15 is 0 Å². The minimum atomic E-state index is -5.08. The second kappa shape index (κ2) is 4.40. The quantitative estimate of drug-likeness (QED) is 0.890. The minimum Gasteiger partial charge on any atom is -0.266 e. The molecule has 0 heterocycles. The Bertz CT molecular complexity index is 443. The number of halogens is 3. The first kappa shape index (κ1) is 12.9. The van der Waals surface area contributed by atoms with Crippen LogP contribution in [0.25, 0.3) is 0 Å². The standard InChI is InChI=1S/C8H8F3NO3S/c9-8(10,11)15-7(16(12,13)14)6-4-2-1-3-5-6/h1-5,7H,(H2,12,13,14). The molecule has 0 bridgehead atoms. The van der Waals surface area contributed by atoms with E-state index in [-0.39, 0.29) is 5.56 Å². The second-order valence-electron chi connectivity index (χ2n) is 2.90. The van der Waals surface area contributed by atoms with Gasteiger partial charge in [0, 0.05) is 0 Å². The number of hydrogen-bond donors (Lipinski definition) is 1. The van der Waals surface area contributed by atoms with Crippen molar-refractivity contribution < 1.29 is 26.3 Å². The van der Waals surface area contributed by atoms with Crippen molar-refractivity contribution in [2.45, 2.75) is 11.8 Å². The van der Waals surface area contributed by atoms with E-state index in [0.29, 0.717) is 0 Å². The molecule has 8 heteroatoms. The maximum absolute atomic E-state index is 12.0. The summed E-state index contributed by atoms with van der Waals surface area (Å²) in [5.41, 5.74) is -2.42. The van der Waals surface area contributed by atoms with E-state index in [1.54, 1.807) is 0 Å². The monoisotopic (exact) mass is 255 g/mol. The molecule has 1 unspecified atom stereocenters. The second-order valence-corrected chi connectivity index (χ2v) is 4.50. The third-order valence-electron chi connectivity index (χ3n) is 1.61. The van der Waals surface area contributed by atoms with E-state index in [1.807, 2.05) is 0 Å². The summed E-state index contributed by atoms with van der Waals surface area (Å²) < 4.78 is 61.3. The summed E-state index contributed by atoms with van der Waals surface area (Å²) in [5, 5.41) is 4.67. The summed E-state index contributed by atoms with van der Waals surface area (Å²) in [6.45, 7) is 0. The van der Waals surface area contributed by atoms with Crippen molar-refractivity contribution in [2.75, 3.05) is 0 Å². The zero-order chi connectivity index (χ0) is 12.4. The molecule has 0 aliphatic rings. The van der Waals surface area contributed by atoms with Crippen LogP contribution < -0.4 is 5.14 Å². The number of rotatable bonds is 3. The van der Waals surface area contributed by atoms with E-state index in [9.17, 15) is 21.6 Å². The van der Waals surface area contributed by atoms with Crippen LogP contribution >= 0.6 is 0 Å². The van der Waals surface area contributed by atoms with E-state index in [2.05, 4.69) is 9.88 Å². The first-order valence-corrected chi connectivity index (χ1v) is 5.62. The minimum absolute atomic E-state index is 0.178. The Balaban J connectivity index is 3.09. The van der Waals surface area contributed by atoms with Gasteiger partial charge in [-0.1, -0.05) is 30.3 Å². The number of alkyl halides is 3. The van der Waals surface area contributed by atoms with Crippen LogP contribution in [-0.4, -0.2) is 14.8 Å². The van der Waals surface area contributed by atoms with E-state index in [4.69, 9.17) is 0 Å². The highest BCUT2D eigenvalue weighted by Gasteiger charge is 2.39. The van der Waals surface area contributed by atoms with Gasteiger partial charge in [0.15, 0.2) is 0 Å². The summed E-state index contributed by atoms with van der Waals surface area (Å²) in [6, 6.07) is 6.65. The van der Waals surface area contributed by atoms with Crippen LogP contribution in [0.2, 0.25) is 0 Å². The Labute approximate surface area is 89.9 Å². The molecule has 4 nitrogen and oxygen atoms in total. The number of hydrogen-bond acceptors (Lipinski definition) is 3. The van der Waals surface area contributed by atoms with Crippen molar-refractivity contribution in [3.05, 3.63) is 35.9 Å². The van der Waals surface area contributed by atoms with Crippen LogP contribution in [0.15, 0.2) is 30.3 Å². The van der Waals surface area contributed by atoms with Crippen LogP contribution in [0.3, 0.4) is 0 Å². The van der Waals surface area contributed by atoms with Gasteiger partial charge in [0.05, 0.1) is 0 Å². The molecule has 1 aromatic rings. The average molecular weight is 255 g/mol. The summed E-state index contributed by atoms with van der Waals surface area (Å²) in [6.07, 6.45) is -5.08. The summed E-state index contributed by atoms with van der Waals surface area (Å²) in [4.78, 5) is 0. The average Bonchev–Trinajstić information content (AvgIpc) is 2.13. The van der Waals surface area contributed by atoms with Crippen molar-refractivity contribution in [3.8, 4) is 0 Å². The normalized spacial score (nSPS) is 14.8. The molecular weight excluding hydrogens is 247 g/mol. The van der Waals surface area contributed by atoms with Gasteiger partial charge in [0.25, 0.3) is 0 Å². The van der Waals surface area contributed by atoms with Crippen LogP contribution in [0, 0.1) is 0 Å². The largest absolute Gasteiger partial charge is 0.524 e. The molecule has 0 saturated heterocycles. The number of benzene rings is 1. The lowest BCUT2D eigenvalue weighted by atomic mass is 10.2. The molecular formula is C8H8F3NO3S. The molecule has 0 fully saturated rings.